The number of likely N-dealkylation sites (N-methyl/N-ethyl adjacent to an activating group) is 1. The summed E-state index contributed by atoms with van der Waals surface area (Å²) in [6.45, 7) is 4.47. The van der Waals surface area contributed by atoms with Crippen molar-refractivity contribution < 1.29 is 0 Å². The summed E-state index contributed by atoms with van der Waals surface area (Å²) in [5.41, 5.74) is 2.65. The van der Waals surface area contributed by atoms with Crippen molar-refractivity contribution in [1.82, 2.24) is 20.0 Å². The predicted molar refractivity (Wildman–Crippen MR) is 89.7 cm³/mol. The van der Waals surface area contributed by atoms with Crippen LogP contribution in [-0.2, 0) is 13.0 Å². The van der Waals surface area contributed by atoms with Crippen LogP contribution in [0, 0.1) is 0 Å². The molecular weight excluding hydrogens is 272 g/mol. The molecule has 0 bridgehead atoms. The molecule has 4 heteroatoms. The first kappa shape index (κ1) is 15.3. The smallest absolute Gasteiger partial charge is 0.0492 e. The van der Waals surface area contributed by atoms with Crippen molar-refractivity contribution in [3.05, 3.63) is 53.9 Å². The monoisotopic (exact) mass is 298 g/mol. The Morgan fingerprint density at radius 2 is 2.14 bits per heavy atom. The van der Waals surface area contributed by atoms with Gasteiger partial charge in [0.1, 0.15) is 0 Å². The molecule has 22 heavy (non-hydrogen) atoms. The van der Waals surface area contributed by atoms with Crippen LogP contribution in [0.1, 0.15) is 24.1 Å². The number of H-pyrrole nitrogens is 1. The third-order valence-corrected chi connectivity index (χ3v) is 4.65. The zero-order valence-corrected chi connectivity index (χ0v) is 13.4. The molecule has 2 aromatic rings. The molecule has 1 saturated heterocycles. The maximum absolute atomic E-state index is 4.04. The number of aromatic nitrogens is 2. The highest BCUT2D eigenvalue weighted by Crippen LogP contribution is 2.17. The minimum atomic E-state index is 0.667. The quantitative estimate of drug-likeness (QED) is 0.890. The zero-order chi connectivity index (χ0) is 15.2. The van der Waals surface area contributed by atoms with E-state index in [1.807, 2.05) is 6.20 Å². The molecule has 3 rings (SSSR count). The number of hydrogen-bond acceptors (Lipinski definition) is 3. The lowest BCUT2D eigenvalue weighted by Gasteiger charge is -2.37. The van der Waals surface area contributed by atoms with E-state index >= 15 is 0 Å². The van der Waals surface area contributed by atoms with E-state index in [4.69, 9.17) is 0 Å². The third kappa shape index (κ3) is 4.18. The predicted octanol–water partition coefficient (Wildman–Crippen LogP) is 2.55. The Bertz CT molecular complexity index is 537. The van der Waals surface area contributed by atoms with Crippen molar-refractivity contribution in [2.75, 3.05) is 26.7 Å². The van der Waals surface area contributed by atoms with E-state index < -0.39 is 0 Å². The summed E-state index contributed by atoms with van der Waals surface area (Å²) in [4.78, 5) is 5.08. The van der Waals surface area contributed by atoms with Gasteiger partial charge < -0.3 is 4.90 Å². The zero-order valence-electron chi connectivity index (χ0n) is 13.4. The van der Waals surface area contributed by atoms with Crippen molar-refractivity contribution in [2.45, 2.75) is 31.8 Å². The van der Waals surface area contributed by atoms with Crippen LogP contribution in [0.4, 0.5) is 0 Å². The van der Waals surface area contributed by atoms with Crippen LogP contribution in [0.3, 0.4) is 0 Å². The molecule has 1 aromatic carbocycles. The summed E-state index contributed by atoms with van der Waals surface area (Å²) in [5.74, 6) is 0. The van der Waals surface area contributed by atoms with Gasteiger partial charge in [-0.3, -0.25) is 10.00 Å². The Labute approximate surface area is 133 Å². The summed E-state index contributed by atoms with van der Waals surface area (Å²) >= 11 is 0. The fourth-order valence-electron chi connectivity index (χ4n) is 3.28. The van der Waals surface area contributed by atoms with E-state index in [-0.39, 0.29) is 0 Å². The Kier molecular flexibility index (Phi) is 5.24. The molecule has 118 valence electrons. The van der Waals surface area contributed by atoms with E-state index in [2.05, 4.69) is 63.4 Å². The van der Waals surface area contributed by atoms with Crippen molar-refractivity contribution >= 4 is 0 Å². The summed E-state index contributed by atoms with van der Waals surface area (Å²) < 4.78 is 0. The number of piperidine rings is 1. The first-order chi connectivity index (χ1) is 10.8. The first-order valence-corrected chi connectivity index (χ1v) is 8.26. The number of nitrogens with zero attached hydrogens (tertiary/aromatic N) is 3. The van der Waals surface area contributed by atoms with Gasteiger partial charge in [-0.05, 0) is 44.5 Å². The molecule has 0 radical (unpaired) electrons. The minimum absolute atomic E-state index is 0.667. The van der Waals surface area contributed by atoms with E-state index in [1.54, 1.807) is 0 Å². The second-order valence-corrected chi connectivity index (χ2v) is 6.33. The molecule has 1 aliphatic rings. The Morgan fingerprint density at radius 1 is 1.27 bits per heavy atom. The van der Waals surface area contributed by atoms with Gasteiger partial charge in [0, 0.05) is 37.6 Å². The number of likely N-dealkylation sites (tertiary alicyclic amines) is 1. The van der Waals surface area contributed by atoms with Gasteiger partial charge >= 0.3 is 0 Å². The van der Waals surface area contributed by atoms with Gasteiger partial charge in [-0.2, -0.15) is 5.10 Å². The Hall–Kier alpha value is -1.65. The van der Waals surface area contributed by atoms with Crippen molar-refractivity contribution in [2.24, 2.45) is 0 Å². The topological polar surface area (TPSA) is 35.2 Å². The number of aromatic amines is 1. The molecule has 1 aliphatic heterocycles. The number of rotatable bonds is 6. The lowest BCUT2D eigenvalue weighted by atomic mass is 10.0. The molecule has 2 heterocycles. The van der Waals surface area contributed by atoms with Crippen LogP contribution in [-0.4, -0.2) is 52.7 Å². The van der Waals surface area contributed by atoms with Gasteiger partial charge in [-0.15, -0.1) is 0 Å². The number of nitrogens with one attached hydrogen (secondary N) is 1. The Balaban J connectivity index is 1.48. The van der Waals surface area contributed by atoms with Gasteiger partial charge in [-0.25, -0.2) is 0 Å². The highest BCUT2D eigenvalue weighted by Gasteiger charge is 2.23. The van der Waals surface area contributed by atoms with Gasteiger partial charge in [0.25, 0.3) is 0 Å². The van der Waals surface area contributed by atoms with Gasteiger partial charge in [0.05, 0.1) is 0 Å². The lowest BCUT2D eigenvalue weighted by molar-refractivity contribution is 0.111. The van der Waals surface area contributed by atoms with E-state index in [0.29, 0.717) is 6.04 Å². The van der Waals surface area contributed by atoms with Gasteiger partial charge in [-0.1, -0.05) is 30.3 Å². The maximum atomic E-state index is 4.04. The molecule has 0 spiro atoms. The second-order valence-electron chi connectivity index (χ2n) is 6.33. The molecule has 1 aromatic heterocycles. The van der Waals surface area contributed by atoms with E-state index in [9.17, 15) is 0 Å². The fraction of sp³-hybridized carbons (Fsp3) is 0.500. The number of benzene rings is 1. The molecule has 1 fully saturated rings. The highest BCUT2D eigenvalue weighted by molar-refractivity contribution is 5.14. The normalized spacial score (nSPS) is 19.6. The summed E-state index contributed by atoms with van der Waals surface area (Å²) in [6, 6.07) is 13.5. The summed E-state index contributed by atoms with van der Waals surface area (Å²) in [5, 5.41) is 7.11. The second kappa shape index (κ2) is 7.56. The third-order valence-electron chi connectivity index (χ3n) is 4.65. The molecule has 0 saturated carbocycles. The SMILES string of the molecule is CN(CCc1ccccc1)C1CCCN(Cc2ccn[nH]2)C1. The van der Waals surface area contributed by atoms with Crippen molar-refractivity contribution in [3.63, 3.8) is 0 Å². The summed E-state index contributed by atoms with van der Waals surface area (Å²) in [7, 11) is 2.27. The van der Waals surface area contributed by atoms with Gasteiger partial charge in [0.2, 0.25) is 0 Å². The van der Waals surface area contributed by atoms with Crippen LogP contribution in [0.25, 0.3) is 0 Å². The molecule has 0 aliphatic carbocycles. The lowest BCUT2D eigenvalue weighted by Crippen LogP contribution is -2.46. The van der Waals surface area contributed by atoms with Crippen LogP contribution in [0.15, 0.2) is 42.6 Å². The van der Waals surface area contributed by atoms with Crippen LogP contribution in [0.2, 0.25) is 0 Å². The van der Waals surface area contributed by atoms with Crippen LogP contribution < -0.4 is 0 Å². The fourth-order valence-corrected chi connectivity index (χ4v) is 3.28. The van der Waals surface area contributed by atoms with Crippen molar-refractivity contribution in [1.29, 1.82) is 0 Å². The van der Waals surface area contributed by atoms with Gasteiger partial charge in [0.15, 0.2) is 0 Å². The molecule has 0 amide bonds. The van der Waals surface area contributed by atoms with E-state index in [0.717, 1.165) is 26.1 Å². The molecule has 1 unspecified atom stereocenters. The molecule has 1 N–H and O–H groups in total. The standard InChI is InChI=1S/C18H26N4/c1-21(13-10-16-6-3-2-4-7-16)18-8-5-12-22(15-18)14-17-9-11-19-20-17/h2-4,6-7,9,11,18H,5,8,10,12-15H2,1H3,(H,19,20). The van der Waals surface area contributed by atoms with E-state index in [1.165, 1.54) is 30.6 Å². The molecular formula is C18H26N4. The molecule has 1 atom stereocenters. The average molecular weight is 298 g/mol. The van der Waals surface area contributed by atoms with Crippen molar-refractivity contribution in [3.8, 4) is 0 Å². The maximum Gasteiger partial charge on any atom is 0.0492 e. The summed E-state index contributed by atoms with van der Waals surface area (Å²) in [6.07, 6.45) is 5.57. The minimum Gasteiger partial charge on any atom is -0.302 e. The average Bonchev–Trinajstić information content (AvgIpc) is 3.07. The Morgan fingerprint density at radius 3 is 2.91 bits per heavy atom. The largest absolute Gasteiger partial charge is 0.302 e. The first-order valence-electron chi connectivity index (χ1n) is 8.26. The van der Waals surface area contributed by atoms with Crippen LogP contribution in [0.5, 0.6) is 0 Å². The highest BCUT2D eigenvalue weighted by atomic mass is 15.2. The molecule has 4 nitrogen and oxygen atoms in total. The van der Waals surface area contributed by atoms with Crippen LogP contribution >= 0.6 is 0 Å². The number of hydrogen-bond donors (Lipinski definition) is 1.